The van der Waals surface area contributed by atoms with E-state index in [0.29, 0.717) is 30.1 Å². The van der Waals surface area contributed by atoms with E-state index in [1.807, 2.05) is 6.92 Å². The molecule has 2 aromatic carbocycles. The van der Waals surface area contributed by atoms with Crippen LogP contribution >= 0.6 is 0 Å². The first-order valence-corrected chi connectivity index (χ1v) is 9.95. The Kier molecular flexibility index (Phi) is 6.01. The lowest BCUT2D eigenvalue weighted by molar-refractivity contribution is -0.131. The summed E-state index contributed by atoms with van der Waals surface area (Å²) in [6.07, 6.45) is -0.705. The molecule has 0 bridgehead atoms. The summed E-state index contributed by atoms with van der Waals surface area (Å²) in [4.78, 5) is 35.7. The van der Waals surface area contributed by atoms with Crippen molar-refractivity contribution in [1.29, 1.82) is 0 Å². The van der Waals surface area contributed by atoms with Gasteiger partial charge in [0.1, 0.15) is 17.6 Å². The second kappa shape index (κ2) is 8.87. The van der Waals surface area contributed by atoms with Gasteiger partial charge in [0, 0.05) is 12.8 Å². The van der Waals surface area contributed by atoms with Gasteiger partial charge in [-0.1, -0.05) is 6.92 Å². The molecule has 31 heavy (non-hydrogen) atoms. The molecule has 2 heterocycles. The van der Waals surface area contributed by atoms with E-state index in [0.717, 1.165) is 0 Å². The van der Waals surface area contributed by atoms with Crippen molar-refractivity contribution >= 4 is 17.9 Å². The average molecular weight is 426 g/mol. The highest BCUT2D eigenvalue weighted by atomic mass is 16.6. The number of ether oxygens (including phenoxy) is 5. The molecule has 2 aromatic rings. The van der Waals surface area contributed by atoms with Gasteiger partial charge in [-0.3, -0.25) is 4.79 Å². The molecular weight excluding hydrogens is 404 g/mol. The lowest BCUT2D eigenvalue weighted by Gasteiger charge is -2.16. The molecule has 4 atom stereocenters. The van der Waals surface area contributed by atoms with Gasteiger partial charge in [-0.25, -0.2) is 9.59 Å². The van der Waals surface area contributed by atoms with Gasteiger partial charge in [-0.2, -0.15) is 0 Å². The lowest BCUT2D eigenvalue weighted by Crippen LogP contribution is -2.32. The molecule has 8 heteroatoms. The Bertz CT molecular complexity index is 966. The average Bonchev–Trinajstić information content (AvgIpc) is 3.32. The Morgan fingerprint density at radius 2 is 1.32 bits per heavy atom. The molecule has 0 spiro atoms. The summed E-state index contributed by atoms with van der Waals surface area (Å²) >= 11 is 0. The van der Waals surface area contributed by atoms with Crippen molar-refractivity contribution in [3.63, 3.8) is 0 Å². The van der Waals surface area contributed by atoms with Gasteiger partial charge >= 0.3 is 17.9 Å². The molecular formula is C23H22O8. The lowest BCUT2D eigenvalue weighted by atomic mass is 10.0. The number of rotatable bonds is 5. The van der Waals surface area contributed by atoms with Crippen LogP contribution in [0.3, 0.4) is 0 Å². The second-order valence-electron chi connectivity index (χ2n) is 7.55. The van der Waals surface area contributed by atoms with Gasteiger partial charge in [0.25, 0.3) is 0 Å². The fourth-order valence-corrected chi connectivity index (χ4v) is 3.61. The van der Waals surface area contributed by atoms with Gasteiger partial charge in [0.15, 0.2) is 6.10 Å². The van der Waals surface area contributed by atoms with Crippen molar-refractivity contribution < 1.29 is 38.1 Å². The minimum atomic E-state index is -0.577. The zero-order valence-corrected chi connectivity index (χ0v) is 17.1. The molecule has 162 valence electrons. The minimum absolute atomic E-state index is 0.0392. The van der Waals surface area contributed by atoms with Crippen LogP contribution in [0.2, 0.25) is 0 Å². The summed E-state index contributed by atoms with van der Waals surface area (Å²) in [5, 5.41) is 0. The first kappa shape index (κ1) is 21.0. The predicted octanol–water partition coefficient (Wildman–Crippen LogP) is 2.79. The highest BCUT2D eigenvalue weighted by molar-refractivity contribution is 5.92. The molecule has 2 aliphatic heterocycles. The van der Waals surface area contributed by atoms with Gasteiger partial charge in [-0.05, 0) is 48.5 Å². The normalized spacial score (nSPS) is 24.3. The van der Waals surface area contributed by atoms with E-state index in [1.54, 1.807) is 0 Å². The molecule has 4 rings (SSSR count). The number of carbonyl (C=O) groups excluding carboxylic acids is 3. The van der Waals surface area contributed by atoms with Crippen LogP contribution in [0.25, 0.3) is 0 Å². The number of hydrogen-bond donors (Lipinski definition) is 0. The number of hydrogen-bond acceptors (Lipinski definition) is 8. The Morgan fingerprint density at radius 1 is 0.774 bits per heavy atom. The Balaban J connectivity index is 1.33. The van der Waals surface area contributed by atoms with Gasteiger partial charge in [-0.15, -0.1) is 0 Å². The maximum absolute atomic E-state index is 12.5. The first-order valence-electron chi connectivity index (χ1n) is 9.95. The van der Waals surface area contributed by atoms with E-state index >= 15 is 0 Å². The molecule has 2 saturated heterocycles. The first-order chi connectivity index (χ1) is 14.9. The molecule has 2 fully saturated rings. The van der Waals surface area contributed by atoms with Crippen LogP contribution in [0.1, 0.15) is 34.6 Å². The summed E-state index contributed by atoms with van der Waals surface area (Å²) in [6.45, 7) is 4.25. The smallest absolute Gasteiger partial charge is 0.343 e. The van der Waals surface area contributed by atoms with Crippen LogP contribution in [0.5, 0.6) is 11.5 Å². The largest absolute Gasteiger partial charge is 0.453 e. The Hall–Kier alpha value is -3.23. The van der Waals surface area contributed by atoms with Gasteiger partial charge in [0.05, 0.1) is 30.4 Å². The van der Waals surface area contributed by atoms with E-state index in [-0.39, 0.29) is 23.9 Å². The molecule has 0 N–H and O–H groups in total. The molecule has 2 aliphatic rings. The minimum Gasteiger partial charge on any atom is -0.453 e. The number of fused-ring (bicyclic) bond motifs is 1. The number of esters is 3. The van der Waals surface area contributed by atoms with Crippen LogP contribution in [0, 0.1) is 5.92 Å². The molecule has 0 saturated carbocycles. The van der Waals surface area contributed by atoms with Crippen molar-refractivity contribution in [1.82, 2.24) is 0 Å². The monoisotopic (exact) mass is 426 g/mol. The van der Waals surface area contributed by atoms with Gasteiger partial charge < -0.3 is 23.7 Å². The van der Waals surface area contributed by atoms with E-state index in [4.69, 9.17) is 23.7 Å². The van der Waals surface area contributed by atoms with E-state index in [1.165, 1.54) is 55.5 Å². The summed E-state index contributed by atoms with van der Waals surface area (Å²) in [6, 6.07) is 12.1. The molecule has 0 radical (unpaired) electrons. The maximum Gasteiger partial charge on any atom is 0.343 e. The van der Waals surface area contributed by atoms with Crippen molar-refractivity contribution in [3.8, 4) is 11.5 Å². The zero-order valence-electron chi connectivity index (χ0n) is 17.1. The predicted molar refractivity (Wildman–Crippen MR) is 107 cm³/mol. The molecule has 2 unspecified atom stereocenters. The topological polar surface area (TPSA) is 97.4 Å². The molecule has 0 amide bonds. The van der Waals surface area contributed by atoms with E-state index in [2.05, 4.69) is 0 Å². The number of carbonyl (C=O) groups is 3. The highest BCUT2D eigenvalue weighted by Crippen LogP contribution is 2.32. The van der Waals surface area contributed by atoms with Crippen molar-refractivity contribution in [2.75, 3.05) is 13.2 Å². The maximum atomic E-state index is 12.5. The summed E-state index contributed by atoms with van der Waals surface area (Å²) in [5.74, 6) is -0.617. The van der Waals surface area contributed by atoms with E-state index in [9.17, 15) is 14.4 Å². The molecule has 0 aromatic heterocycles. The summed E-state index contributed by atoms with van der Waals surface area (Å²) in [7, 11) is 0. The highest BCUT2D eigenvalue weighted by Gasteiger charge is 2.47. The van der Waals surface area contributed by atoms with Crippen LogP contribution in [-0.4, -0.2) is 49.4 Å². The summed E-state index contributed by atoms with van der Waals surface area (Å²) < 4.78 is 27.2. The molecule has 0 aliphatic carbocycles. The third-order valence-electron chi connectivity index (χ3n) is 5.17. The Morgan fingerprint density at radius 3 is 1.94 bits per heavy atom. The third-order valence-corrected chi connectivity index (χ3v) is 5.17. The number of benzene rings is 2. The Labute approximate surface area is 179 Å². The fraction of sp³-hybridized carbons (Fsp3) is 0.348. The van der Waals surface area contributed by atoms with Crippen molar-refractivity contribution in [3.05, 3.63) is 59.7 Å². The van der Waals surface area contributed by atoms with Crippen LogP contribution in [-0.2, 0) is 19.0 Å². The second-order valence-corrected chi connectivity index (χ2v) is 7.55. The van der Waals surface area contributed by atoms with Crippen molar-refractivity contribution in [2.24, 2.45) is 5.92 Å². The molecule has 8 nitrogen and oxygen atoms in total. The van der Waals surface area contributed by atoms with Crippen LogP contribution in [0.4, 0.5) is 0 Å². The van der Waals surface area contributed by atoms with Crippen LogP contribution in [0.15, 0.2) is 48.5 Å². The van der Waals surface area contributed by atoms with Gasteiger partial charge in [0.2, 0.25) is 0 Å². The summed E-state index contributed by atoms with van der Waals surface area (Å²) in [5.41, 5.74) is 0.626. The quantitative estimate of drug-likeness (QED) is 0.532. The fourth-order valence-electron chi connectivity index (χ4n) is 3.61. The standard InChI is InChI=1S/C23H22O8/c1-13-11-27-21-19(12-28-20(13)21)31-23(26)16-5-9-18(10-6-16)30-22(25)15-3-7-17(8-4-15)29-14(2)24/h3-10,13,19-21H,11-12H2,1-2H3/t13-,19-,20?,21?/m0/s1. The third kappa shape index (κ3) is 4.76. The van der Waals surface area contributed by atoms with Crippen molar-refractivity contribution in [2.45, 2.75) is 32.2 Å². The SMILES string of the molecule is CC(=O)Oc1ccc(C(=O)Oc2ccc(C(=O)O[C@H]3COC4C3OC[C@@H]4C)cc2)cc1. The van der Waals surface area contributed by atoms with E-state index < -0.39 is 24.0 Å². The zero-order chi connectivity index (χ0) is 22.0. The van der Waals surface area contributed by atoms with Crippen LogP contribution < -0.4 is 9.47 Å².